The number of rotatable bonds is 5. The van der Waals surface area contributed by atoms with E-state index in [1.165, 1.54) is 36.9 Å². The van der Waals surface area contributed by atoms with Gasteiger partial charge < -0.3 is 14.4 Å². The van der Waals surface area contributed by atoms with Crippen LogP contribution in [0.15, 0.2) is 16.9 Å². The van der Waals surface area contributed by atoms with E-state index in [9.17, 15) is 13.2 Å². The normalized spacial score (nSPS) is 16.1. The highest BCUT2D eigenvalue weighted by Gasteiger charge is 2.29. The van der Waals surface area contributed by atoms with Gasteiger partial charge in [-0.25, -0.2) is 4.98 Å². The Morgan fingerprint density at radius 3 is 2.22 bits per heavy atom. The van der Waals surface area contributed by atoms with Gasteiger partial charge in [-0.05, 0) is 6.07 Å². The monoisotopic (exact) mass is 397 g/mol. The summed E-state index contributed by atoms with van der Waals surface area (Å²) >= 11 is 0. The first kappa shape index (κ1) is 19.4. The third-order valence-electron chi connectivity index (χ3n) is 4.52. The van der Waals surface area contributed by atoms with E-state index < -0.39 is 10.2 Å². The number of benzene rings is 1. The van der Waals surface area contributed by atoms with Crippen LogP contribution in [-0.4, -0.2) is 81.5 Å². The van der Waals surface area contributed by atoms with Gasteiger partial charge in [-0.15, -0.1) is 0 Å². The lowest BCUT2D eigenvalue weighted by Crippen LogP contribution is -2.52. The number of piperazine rings is 1. The van der Waals surface area contributed by atoms with Crippen LogP contribution in [-0.2, 0) is 10.2 Å². The number of hydrogen-bond acceptors (Lipinski definition) is 7. The van der Waals surface area contributed by atoms with Crippen LogP contribution in [0.5, 0.6) is 11.5 Å². The Labute approximate surface area is 157 Å². The van der Waals surface area contributed by atoms with Gasteiger partial charge in [-0.2, -0.15) is 17.0 Å². The molecular weight excluding hydrogens is 374 g/mol. The van der Waals surface area contributed by atoms with E-state index in [4.69, 9.17) is 9.47 Å². The minimum absolute atomic E-state index is 0.292. The van der Waals surface area contributed by atoms with Crippen LogP contribution in [0.3, 0.4) is 0 Å². The zero-order valence-electron chi connectivity index (χ0n) is 15.7. The maximum atomic E-state index is 12.5. The fourth-order valence-electron chi connectivity index (χ4n) is 2.96. The number of nitrogens with one attached hydrogen (secondary N) is 1. The van der Waals surface area contributed by atoms with Crippen molar-refractivity contribution in [3.63, 3.8) is 0 Å². The van der Waals surface area contributed by atoms with Gasteiger partial charge >= 0.3 is 0 Å². The van der Waals surface area contributed by atoms with Gasteiger partial charge in [0.05, 0.1) is 25.1 Å². The van der Waals surface area contributed by atoms with Crippen LogP contribution in [0.1, 0.15) is 0 Å². The molecule has 0 bridgehead atoms. The Morgan fingerprint density at radius 1 is 1.07 bits per heavy atom. The summed E-state index contributed by atoms with van der Waals surface area (Å²) in [5.74, 6) is 1.34. The molecule has 1 aliphatic rings. The van der Waals surface area contributed by atoms with Crippen molar-refractivity contribution in [3.05, 3.63) is 22.5 Å². The van der Waals surface area contributed by atoms with Gasteiger partial charge in [0.1, 0.15) is 0 Å². The van der Waals surface area contributed by atoms with E-state index in [1.807, 2.05) is 4.90 Å². The second-order valence-electron chi connectivity index (χ2n) is 6.29. The molecule has 1 N–H and O–H groups in total. The predicted octanol–water partition coefficient (Wildman–Crippen LogP) is -0.131. The van der Waals surface area contributed by atoms with Gasteiger partial charge in [0.2, 0.25) is 5.95 Å². The Bertz CT molecular complexity index is 996. The second kappa shape index (κ2) is 7.33. The topological polar surface area (TPSA) is 108 Å². The molecule has 0 spiro atoms. The maximum absolute atomic E-state index is 12.5. The molecule has 10 nitrogen and oxygen atoms in total. The number of aromatic nitrogens is 2. The van der Waals surface area contributed by atoms with E-state index in [-0.39, 0.29) is 5.56 Å². The average molecular weight is 397 g/mol. The summed E-state index contributed by atoms with van der Waals surface area (Å²) in [7, 11) is 2.58. The molecule has 1 aromatic carbocycles. The number of fused-ring (bicyclic) bond motifs is 1. The molecule has 148 valence electrons. The third-order valence-corrected chi connectivity index (χ3v) is 6.46. The fourth-order valence-corrected chi connectivity index (χ4v) is 4.05. The second-order valence-corrected chi connectivity index (χ2v) is 8.43. The lowest BCUT2D eigenvalue weighted by molar-refractivity contribution is 0.354. The molecule has 0 saturated carbocycles. The Morgan fingerprint density at radius 2 is 1.67 bits per heavy atom. The van der Waals surface area contributed by atoms with Crippen LogP contribution < -0.4 is 19.9 Å². The number of hydrogen-bond donors (Lipinski definition) is 1. The molecule has 1 fully saturated rings. The minimum Gasteiger partial charge on any atom is -0.493 e. The van der Waals surface area contributed by atoms with Crippen molar-refractivity contribution in [1.82, 2.24) is 18.6 Å². The largest absolute Gasteiger partial charge is 0.493 e. The SMILES string of the molecule is COc1cc2nc(N3CCN(S(=O)(=O)N(C)C)CC3)[nH]c(=O)c2cc1OC. The molecule has 3 rings (SSSR count). The highest BCUT2D eigenvalue weighted by atomic mass is 32.2. The molecule has 2 heterocycles. The first-order valence-corrected chi connectivity index (χ1v) is 9.76. The molecule has 0 aliphatic carbocycles. The first-order chi connectivity index (χ1) is 12.8. The van der Waals surface area contributed by atoms with Crippen molar-refractivity contribution in [2.75, 3.05) is 59.4 Å². The van der Waals surface area contributed by atoms with Crippen LogP contribution >= 0.6 is 0 Å². The van der Waals surface area contributed by atoms with Crippen molar-refractivity contribution >= 4 is 27.1 Å². The molecular formula is C16H23N5O5S. The smallest absolute Gasteiger partial charge is 0.281 e. The molecule has 1 aromatic heterocycles. The standard InChI is InChI=1S/C16H23N5O5S/c1-19(2)27(23,24)21-7-5-20(6-8-21)16-17-12-10-14(26-4)13(25-3)9-11(12)15(22)18-16/h9-10H,5-8H2,1-4H3,(H,17,18,22). The van der Waals surface area contributed by atoms with Crippen LogP contribution in [0, 0.1) is 0 Å². The molecule has 0 amide bonds. The number of ether oxygens (including phenoxy) is 2. The van der Waals surface area contributed by atoms with Crippen molar-refractivity contribution < 1.29 is 17.9 Å². The quantitative estimate of drug-likeness (QED) is 0.749. The van der Waals surface area contributed by atoms with Gasteiger partial charge in [-0.3, -0.25) is 9.78 Å². The molecule has 11 heteroatoms. The first-order valence-electron chi connectivity index (χ1n) is 8.36. The van der Waals surface area contributed by atoms with E-state index in [2.05, 4.69) is 9.97 Å². The zero-order chi connectivity index (χ0) is 19.8. The van der Waals surface area contributed by atoms with Gasteiger partial charge in [0, 0.05) is 46.3 Å². The van der Waals surface area contributed by atoms with E-state index >= 15 is 0 Å². The minimum atomic E-state index is -3.45. The third kappa shape index (κ3) is 3.57. The predicted molar refractivity (Wildman–Crippen MR) is 102 cm³/mol. The van der Waals surface area contributed by atoms with E-state index in [1.54, 1.807) is 12.1 Å². The van der Waals surface area contributed by atoms with Crippen molar-refractivity contribution in [2.24, 2.45) is 0 Å². The summed E-state index contributed by atoms with van der Waals surface area (Å²) in [6, 6.07) is 3.24. The maximum Gasteiger partial charge on any atom is 0.281 e. The molecule has 0 radical (unpaired) electrons. The summed E-state index contributed by atoms with van der Waals surface area (Å²) in [4.78, 5) is 21.6. The number of nitrogens with zero attached hydrogens (tertiary/aromatic N) is 4. The highest BCUT2D eigenvalue weighted by Crippen LogP contribution is 2.30. The molecule has 1 saturated heterocycles. The zero-order valence-corrected chi connectivity index (χ0v) is 16.5. The number of methoxy groups -OCH3 is 2. The number of H-pyrrole nitrogens is 1. The lowest BCUT2D eigenvalue weighted by Gasteiger charge is -2.35. The Kier molecular flexibility index (Phi) is 5.27. The number of aromatic amines is 1. The van der Waals surface area contributed by atoms with Gasteiger partial charge in [0.15, 0.2) is 11.5 Å². The average Bonchev–Trinajstić information content (AvgIpc) is 2.66. The molecule has 2 aromatic rings. The fraction of sp³-hybridized carbons (Fsp3) is 0.500. The summed E-state index contributed by atoms with van der Waals surface area (Å²) in [6.45, 7) is 1.48. The summed E-state index contributed by atoms with van der Waals surface area (Å²) < 4.78 is 37.6. The van der Waals surface area contributed by atoms with E-state index in [0.29, 0.717) is 54.5 Å². The number of anilines is 1. The molecule has 1 aliphatic heterocycles. The van der Waals surface area contributed by atoms with Gasteiger partial charge in [0.25, 0.3) is 15.8 Å². The van der Waals surface area contributed by atoms with Crippen LogP contribution in [0.2, 0.25) is 0 Å². The Balaban J connectivity index is 1.89. The van der Waals surface area contributed by atoms with Gasteiger partial charge in [-0.1, -0.05) is 0 Å². The molecule has 0 unspecified atom stereocenters. The van der Waals surface area contributed by atoms with Crippen molar-refractivity contribution in [3.8, 4) is 11.5 Å². The summed E-state index contributed by atoms with van der Waals surface area (Å²) in [5.41, 5.74) is 0.189. The summed E-state index contributed by atoms with van der Waals surface area (Å²) in [5, 5.41) is 0.394. The molecule has 0 atom stereocenters. The molecule has 27 heavy (non-hydrogen) atoms. The van der Waals surface area contributed by atoms with Crippen molar-refractivity contribution in [2.45, 2.75) is 0 Å². The van der Waals surface area contributed by atoms with Crippen LogP contribution in [0.4, 0.5) is 5.95 Å². The summed E-state index contributed by atoms with van der Waals surface area (Å²) in [6.07, 6.45) is 0. The van der Waals surface area contributed by atoms with Crippen LogP contribution in [0.25, 0.3) is 10.9 Å². The van der Waals surface area contributed by atoms with E-state index in [0.717, 1.165) is 0 Å². The Hall–Kier alpha value is -2.37. The van der Waals surface area contributed by atoms with Crippen molar-refractivity contribution in [1.29, 1.82) is 0 Å². The lowest BCUT2D eigenvalue weighted by atomic mass is 10.2. The highest BCUT2D eigenvalue weighted by molar-refractivity contribution is 7.86.